The summed E-state index contributed by atoms with van der Waals surface area (Å²) in [6, 6.07) is 18.1. The van der Waals surface area contributed by atoms with Crippen molar-refractivity contribution in [3.05, 3.63) is 71.9 Å². The second kappa shape index (κ2) is 7.54. The van der Waals surface area contributed by atoms with Crippen molar-refractivity contribution < 1.29 is 9.69 Å². The molecule has 1 aromatic heterocycles. The Labute approximate surface area is 152 Å². The lowest BCUT2D eigenvalue weighted by Crippen LogP contribution is -3.14. The zero-order chi connectivity index (χ0) is 17.8. The molecule has 0 radical (unpaired) electrons. The number of carbonyl (C=O) groups excluding carboxylic acids is 1. The second-order valence-corrected chi connectivity index (χ2v) is 6.68. The molecule has 0 saturated carbocycles. The molecule has 5 nitrogen and oxygen atoms in total. The summed E-state index contributed by atoms with van der Waals surface area (Å²) >= 11 is 0. The standard InChI is InChI=1S/C21H22N4O/c26-21(20-18-10-4-5-11-19(18)22-23-20)25-15-13-24(14-16-25)12-6-9-17-7-2-1-3-8-17/h1-11H,12-16H2,(H,22,23)/p+1/b9-6+. The van der Waals surface area contributed by atoms with E-state index in [1.54, 1.807) is 0 Å². The monoisotopic (exact) mass is 347 g/mol. The van der Waals surface area contributed by atoms with E-state index in [4.69, 9.17) is 0 Å². The third-order valence-corrected chi connectivity index (χ3v) is 4.95. The fraction of sp³-hybridized carbons (Fsp3) is 0.238. The molecule has 0 spiro atoms. The topological polar surface area (TPSA) is 53.4 Å². The first-order chi connectivity index (χ1) is 12.8. The molecule has 4 rings (SSSR count). The molecule has 2 N–H and O–H groups in total. The van der Waals surface area contributed by atoms with E-state index in [2.05, 4.69) is 46.6 Å². The van der Waals surface area contributed by atoms with E-state index in [0.717, 1.165) is 43.6 Å². The number of aromatic nitrogens is 2. The molecule has 0 atom stereocenters. The lowest BCUT2D eigenvalue weighted by atomic mass is 10.2. The number of H-pyrrole nitrogens is 1. The summed E-state index contributed by atoms with van der Waals surface area (Å²) in [5.74, 6) is 0.0290. The second-order valence-electron chi connectivity index (χ2n) is 6.68. The van der Waals surface area contributed by atoms with Gasteiger partial charge in [0.05, 0.1) is 38.2 Å². The summed E-state index contributed by atoms with van der Waals surface area (Å²) in [6.45, 7) is 4.46. The van der Waals surface area contributed by atoms with Crippen LogP contribution in [0.5, 0.6) is 0 Å². The van der Waals surface area contributed by atoms with Crippen molar-refractivity contribution >= 4 is 22.9 Å². The van der Waals surface area contributed by atoms with Gasteiger partial charge in [0, 0.05) is 5.39 Å². The van der Waals surface area contributed by atoms with Gasteiger partial charge in [-0.05, 0) is 17.7 Å². The minimum atomic E-state index is 0.0290. The Kier molecular flexibility index (Phi) is 4.80. The molecule has 26 heavy (non-hydrogen) atoms. The van der Waals surface area contributed by atoms with Gasteiger partial charge in [0.25, 0.3) is 5.91 Å². The van der Waals surface area contributed by atoms with Crippen molar-refractivity contribution in [2.24, 2.45) is 0 Å². The van der Waals surface area contributed by atoms with E-state index in [1.165, 1.54) is 10.5 Å². The summed E-state index contributed by atoms with van der Waals surface area (Å²) in [7, 11) is 0. The fourth-order valence-electron chi connectivity index (χ4n) is 3.43. The van der Waals surface area contributed by atoms with E-state index < -0.39 is 0 Å². The zero-order valence-corrected chi connectivity index (χ0v) is 14.7. The maximum absolute atomic E-state index is 12.8. The van der Waals surface area contributed by atoms with Gasteiger partial charge in [0.1, 0.15) is 0 Å². The molecule has 0 bridgehead atoms. The molecule has 1 fully saturated rings. The average Bonchev–Trinajstić information content (AvgIpc) is 3.13. The van der Waals surface area contributed by atoms with Crippen LogP contribution >= 0.6 is 0 Å². The summed E-state index contributed by atoms with van der Waals surface area (Å²) in [4.78, 5) is 16.2. The number of amides is 1. The van der Waals surface area contributed by atoms with Crippen LogP contribution in [0.4, 0.5) is 0 Å². The average molecular weight is 347 g/mol. The first-order valence-corrected chi connectivity index (χ1v) is 9.09. The third kappa shape index (κ3) is 3.53. The number of rotatable bonds is 4. The Morgan fingerprint density at radius 3 is 2.62 bits per heavy atom. The maximum atomic E-state index is 12.8. The lowest BCUT2D eigenvalue weighted by Gasteiger charge is -2.31. The highest BCUT2D eigenvalue weighted by Crippen LogP contribution is 2.16. The molecule has 0 unspecified atom stereocenters. The van der Waals surface area contributed by atoms with Crippen molar-refractivity contribution in [2.75, 3.05) is 32.7 Å². The van der Waals surface area contributed by atoms with Gasteiger partial charge in [-0.1, -0.05) is 54.6 Å². The molecular weight excluding hydrogens is 324 g/mol. The van der Waals surface area contributed by atoms with Crippen molar-refractivity contribution in [1.82, 2.24) is 15.1 Å². The van der Waals surface area contributed by atoms with Crippen LogP contribution in [0.1, 0.15) is 16.1 Å². The Bertz CT molecular complexity index is 908. The van der Waals surface area contributed by atoms with Gasteiger partial charge < -0.3 is 9.80 Å². The fourth-order valence-corrected chi connectivity index (χ4v) is 3.43. The minimum Gasteiger partial charge on any atom is -0.329 e. The smallest absolute Gasteiger partial charge is 0.275 e. The van der Waals surface area contributed by atoms with Crippen LogP contribution in [0.25, 0.3) is 17.0 Å². The van der Waals surface area contributed by atoms with Gasteiger partial charge in [-0.3, -0.25) is 9.89 Å². The van der Waals surface area contributed by atoms with Crippen LogP contribution in [-0.2, 0) is 0 Å². The molecule has 5 heteroatoms. The molecule has 0 aliphatic carbocycles. The number of nitrogens with one attached hydrogen (secondary N) is 2. The molecule has 3 aromatic rings. The number of carbonyl (C=O) groups is 1. The number of para-hydroxylation sites is 1. The van der Waals surface area contributed by atoms with Crippen LogP contribution in [-0.4, -0.2) is 53.7 Å². The predicted molar refractivity (Wildman–Crippen MR) is 103 cm³/mol. The largest absolute Gasteiger partial charge is 0.329 e. The quantitative estimate of drug-likeness (QED) is 0.754. The molecule has 2 aromatic carbocycles. The number of piperazine rings is 1. The Morgan fingerprint density at radius 1 is 1.08 bits per heavy atom. The van der Waals surface area contributed by atoms with Crippen LogP contribution in [0, 0.1) is 0 Å². The highest BCUT2D eigenvalue weighted by molar-refractivity contribution is 6.04. The lowest BCUT2D eigenvalue weighted by molar-refractivity contribution is -0.898. The SMILES string of the molecule is O=C(c1n[nH]c2ccccc12)N1CC[NH+](C/C=C/c2ccccc2)CC1. The predicted octanol–water partition coefficient (Wildman–Crippen LogP) is 1.62. The highest BCUT2D eigenvalue weighted by Gasteiger charge is 2.26. The molecule has 1 aliphatic heterocycles. The van der Waals surface area contributed by atoms with Gasteiger partial charge in [0.15, 0.2) is 5.69 Å². The van der Waals surface area contributed by atoms with Crippen molar-refractivity contribution in [2.45, 2.75) is 0 Å². The molecule has 2 heterocycles. The van der Waals surface area contributed by atoms with E-state index in [9.17, 15) is 4.79 Å². The van der Waals surface area contributed by atoms with E-state index in [-0.39, 0.29) is 5.91 Å². The molecule has 1 saturated heterocycles. The number of aromatic amines is 1. The summed E-state index contributed by atoms with van der Waals surface area (Å²) in [5.41, 5.74) is 2.67. The Balaban J connectivity index is 1.33. The number of benzene rings is 2. The first kappa shape index (κ1) is 16.5. The molecular formula is C21H23N4O+. The van der Waals surface area contributed by atoms with Gasteiger partial charge in [-0.25, -0.2) is 0 Å². The van der Waals surface area contributed by atoms with E-state index in [1.807, 2.05) is 35.2 Å². The van der Waals surface area contributed by atoms with Crippen molar-refractivity contribution in [3.63, 3.8) is 0 Å². The van der Waals surface area contributed by atoms with E-state index in [0.29, 0.717) is 5.69 Å². The minimum absolute atomic E-state index is 0.0290. The van der Waals surface area contributed by atoms with Crippen LogP contribution in [0.2, 0.25) is 0 Å². The Morgan fingerprint density at radius 2 is 1.81 bits per heavy atom. The van der Waals surface area contributed by atoms with Gasteiger partial charge in [-0.2, -0.15) is 5.10 Å². The van der Waals surface area contributed by atoms with Crippen LogP contribution in [0.3, 0.4) is 0 Å². The number of hydrogen-bond acceptors (Lipinski definition) is 2. The molecule has 132 valence electrons. The summed E-state index contributed by atoms with van der Waals surface area (Å²) in [6.07, 6.45) is 4.39. The molecule has 1 aliphatic rings. The maximum Gasteiger partial charge on any atom is 0.275 e. The number of nitrogens with zero attached hydrogens (tertiary/aromatic N) is 2. The summed E-state index contributed by atoms with van der Waals surface area (Å²) < 4.78 is 0. The van der Waals surface area contributed by atoms with Gasteiger partial charge in [0.2, 0.25) is 0 Å². The first-order valence-electron chi connectivity index (χ1n) is 9.09. The molecule has 1 amide bonds. The number of quaternary nitrogens is 1. The van der Waals surface area contributed by atoms with Crippen molar-refractivity contribution in [1.29, 1.82) is 0 Å². The van der Waals surface area contributed by atoms with Crippen LogP contribution in [0.15, 0.2) is 60.7 Å². The third-order valence-electron chi connectivity index (χ3n) is 4.95. The van der Waals surface area contributed by atoms with Crippen molar-refractivity contribution in [3.8, 4) is 0 Å². The van der Waals surface area contributed by atoms with Gasteiger partial charge >= 0.3 is 0 Å². The van der Waals surface area contributed by atoms with Gasteiger partial charge in [-0.15, -0.1) is 0 Å². The van der Waals surface area contributed by atoms with E-state index >= 15 is 0 Å². The number of fused-ring (bicyclic) bond motifs is 1. The normalized spacial score (nSPS) is 15.8. The number of hydrogen-bond donors (Lipinski definition) is 2. The highest BCUT2D eigenvalue weighted by atomic mass is 16.2. The Hall–Kier alpha value is -2.92. The zero-order valence-electron chi connectivity index (χ0n) is 14.7. The summed E-state index contributed by atoms with van der Waals surface area (Å²) in [5, 5.41) is 8.09. The van der Waals surface area contributed by atoms with Crippen LogP contribution < -0.4 is 4.90 Å².